The van der Waals surface area contributed by atoms with Gasteiger partial charge in [-0.25, -0.2) is 14.8 Å². The minimum absolute atomic E-state index is 0.00609. The van der Waals surface area contributed by atoms with Crippen LogP contribution in [-0.4, -0.2) is 64.9 Å². The van der Waals surface area contributed by atoms with Crippen molar-refractivity contribution in [3.05, 3.63) is 82.2 Å². The number of hydrogen-bond acceptors (Lipinski definition) is 13. The Labute approximate surface area is 241 Å². The second kappa shape index (κ2) is 14.6. The van der Waals surface area contributed by atoms with Crippen LogP contribution in [0.2, 0.25) is 0 Å². The lowest BCUT2D eigenvalue weighted by molar-refractivity contribution is -0.140. The van der Waals surface area contributed by atoms with Crippen LogP contribution in [0.1, 0.15) is 39.3 Å². The number of nitrogens with two attached hydrogens (primary N) is 3. The number of aromatic amines is 1. The zero-order valence-electron chi connectivity index (χ0n) is 22.3. The number of anilines is 2. The minimum atomic E-state index is -1.34. The number of carboxylic acid groups (broad SMARTS) is 2. The van der Waals surface area contributed by atoms with Gasteiger partial charge in [0.1, 0.15) is 6.04 Å². The molecule has 18 heteroatoms. The van der Waals surface area contributed by atoms with Gasteiger partial charge in [0.15, 0.2) is 11.2 Å². The van der Waals surface area contributed by atoms with Crippen molar-refractivity contribution in [2.45, 2.75) is 25.4 Å². The van der Waals surface area contributed by atoms with E-state index in [4.69, 9.17) is 22.4 Å². The van der Waals surface area contributed by atoms with Gasteiger partial charge in [0.25, 0.3) is 11.5 Å². The Morgan fingerprint density at radius 3 is 2.30 bits per heavy atom. The van der Waals surface area contributed by atoms with Gasteiger partial charge in [-0.15, -0.1) is 0 Å². The van der Waals surface area contributed by atoms with Crippen LogP contribution in [0.15, 0.2) is 59.8 Å². The average molecular weight is 594 g/mol. The van der Waals surface area contributed by atoms with Crippen LogP contribution in [0.5, 0.6) is 0 Å². The number of benzene rings is 1. The lowest BCUT2D eigenvalue weighted by Crippen LogP contribution is -2.43. The van der Waals surface area contributed by atoms with Gasteiger partial charge in [-0.3, -0.25) is 40.0 Å². The Balaban J connectivity index is 0.000000480. The summed E-state index contributed by atoms with van der Waals surface area (Å²) in [6, 6.07) is 7.92. The van der Waals surface area contributed by atoms with Crippen molar-refractivity contribution in [3.8, 4) is 0 Å². The SMILES string of the molecule is NC(=O)c1cccnc1.NNN(Cc1cnc2nc(N)[nH]c(=O)c2n1)c1ccc(C(=O)N[C@@H](CCC(=O)O)C(=O)O)cc1. The van der Waals surface area contributed by atoms with E-state index in [1.54, 1.807) is 30.5 Å². The third kappa shape index (κ3) is 8.99. The number of carbonyl (C=O) groups is 4. The fourth-order valence-corrected chi connectivity index (χ4v) is 3.49. The highest BCUT2D eigenvalue weighted by atomic mass is 16.4. The summed E-state index contributed by atoms with van der Waals surface area (Å²) >= 11 is 0. The number of pyridine rings is 1. The molecule has 0 aliphatic heterocycles. The number of hydrogen-bond donors (Lipinski definition) is 8. The summed E-state index contributed by atoms with van der Waals surface area (Å²) in [6.45, 7) is 0.0884. The summed E-state index contributed by atoms with van der Waals surface area (Å²) in [6.07, 6.45) is 3.77. The largest absolute Gasteiger partial charge is 0.481 e. The van der Waals surface area contributed by atoms with E-state index < -0.39 is 41.8 Å². The first kappa shape index (κ1) is 31.5. The number of primary amides is 1. The first-order valence-electron chi connectivity index (χ1n) is 12.3. The molecular formula is C25H27N11O7. The van der Waals surface area contributed by atoms with E-state index in [0.717, 1.165) is 0 Å². The molecule has 3 aromatic heterocycles. The summed E-state index contributed by atoms with van der Waals surface area (Å²) < 4.78 is 0. The lowest BCUT2D eigenvalue weighted by Gasteiger charge is -2.22. The zero-order chi connectivity index (χ0) is 31.5. The number of aliphatic carboxylic acids is 2. The summed E-state index contributed by atoms with van der Waals surface area (Å²) in [7, 11) is 0. The van der Waals surface area contributed by atoms with Crippen LogP contribution < -0.4 is 38.7 Å². The molecule has 18 nitrogen and oxygen atoms in total. The molecule has 1 atom stereocenters. The van der Waals surface area contributed by atoms with E-state index in [2.05, 4.69) is 35.8 Å². The molecule has 2 amide bonds. The Hall–Kier alpha value is -6.01. The number of H-pyrrole nitrogens is 1. The van der Waals surface area contributed by atoms with Gasteiger partial charge in [0.2, 0.25) is 11.9 Å². The molecule has 0 spiro atoms. The molecule has 0 fully saturated rings. The van der Waals surface area contributed by atoms with Crippen LogP contribution in [-0.2, 0) is 16.1 Å². The Morgan fingerprint density at radius 2 is 1.74 bits per heavy atom. The third-order valence-corrected chi connectivity index (χ3v) is 5.60. The second-order valence-electron chi connectivity index (χ2n) is 8.65. The number of hydrazine groups is 2. The molecule has 0 saturated carbocycles. The number of nitrogen functional groups attached to an aromatic ring is 1. The van der Waals surface area contributed by atoms with E-state index in [1.807, 2.05) is 0 Å². The second-order valence-corrected chi connectivity index (χ2v) is 8.65. The maximum absolute atomic E-state index is 12.4. The van der Waals surface area contributed by atoms with Crippen LogP contribution in [0.25, 0.3) is 11.2 Å². The standard InChI is InChI=1S/C19H21N9O6.C6H6N2O/c20-19-25-15-14(17(32)26-19)23-10(7-22-15)8-28(27-21)11-3-1-9(2-4-11)16(31)24-12(18(33)34)5-6-13(29)30;7-6(9)5-2-1-3-8-4-5/h1-4,7,12,27H,5-6,8,21H2,(H,24,31)(H,29,30)(H,33,34)(H3,20,22,25,26,32);1-4H,(H2,7,9)/t12-;/m0./s1. The van der Waals surface area contributed by atoms with Crippen molar-refractivity contribution in [3.63, 3.8) is 0 Å². The van der Waals surface area contributed by atoms with Gasteiger partial charge < -0.3 is 27.0 Å². The number of fused-ring (bicyclic) bond motifs is 1. The number of nitrogens with one attached hydrogen (secondary N) is 3. The highest BCUT2D eigenvalue weighted by Crippen LogP contribution is 2.16. The van der Waals surface area contributed by atoms with Crippen molar-refractivity contribution < 1.29 is 29.4 Å². The van der Waals surface area contributed by atoms with Gasteiger partial charge >= 0.3 is 11.9 Å². The quantitative estimate of drug-likeness (QED) is 0.0756. The Morgan fingerprint density at radius 1 is 1.02 bits per heavy atom. The maximum Gasteiger partial charge on any atom is 0.326 e. The normalized spacial score (nSPS) is 11.1. The summed E-state index contributed by atoms with van der Waals surface area (Å²) in [5.41, 5.74) is 14.0. The smallest absolute Gasteiger partial charge is 0.326 e. The molecule has 224 valence electrons. The van der Waals surface area contributed by atoms with Crippen molar-refractivity contribution in [2.24, 2.45) is 11.6 Å². The monoisotopic (exact) mass is 593 g/mol. The molecule has 4 aromatic rings. The molecule has 0 aliphatic carbocycles. The van der Waals surface area contributed by atoms with E-state index in [0.29, 0.717) is 16.9 Å². The van der Waals surface area contributed by atoms with Crippen LogP contribution in [0, 0.1) is 0 Å². The van der Waals surface area contributed by atoms with Gasteiger partial charge in [-0.2, -0.15) is 10.5 Å². The van der Waals surface area contributed by atoms with Crippen molar-refractivity contribution >= 4 is 46.6 Å². The lowest BCUT2D eigenvalue weighted by atomic mass is 10.1. The molecule has 0 radical (unpaired) electrons. The van der Waals surface area contributed by atoms with E-state index in [-0.39, 0.29) is 35.6 Å². The molecule has 4 rings (SSSR count). The molecule has 1 aromatic carbocycles. The number of amides is 2. The average Bonchev–Trinajstić information content (AvgIpc) is 2.98. The van der Waals surface area contributed by atoms with E-state index in [1.165, 1.54) is 29.5 Å². The van der Waals surface area contributed by atoms with Crippen LogP contribution in [0.3, 0.4) is 0 Å². The van der Waals surface area contributed by atoms with Gasteiger partial charge in [-0.05, 0) is 42.8 Å². The fraction of sp³-hybridized carbons (Fsp3) is 0.160. The molecule has 0 unspecified atom stereocenters. The number of nitrogens with zero attached hydrogens (tertiary/aromatic N) is 5. The first-order valence-corrected chi connectivity index (χ1v) is 12.3. The summed E-state index contributed by atoms with van der Waals surface area (Å²) in [5, 5.41) is 21.7. The van der Waals surface area contributed by atoms with Gasteiger partial charge in [0.05, 0.1) is 29.7 Å². The topological polar surface area (TPSA) is 299 Å². The van der Waals surface area contributed by atoms with Crippen molar-refractivity contribution in [2.75, 3.05) is 10.7 Å². The Kier molecular flexibility index (Phi) is 10.7. The van der Waals surface area contributed by atoms with Gasteiger partial charge in [0, 0.05) is 24.4 Å². The number of aromatic nitrogens is 5. The predicted molar refractivity (Wildman–Crippen MR) is 151 cm³/mol. The molecule has 3 heterocycles. The zero-order valence-corrected chi connectivity index (χ0v) is 22.3. The highest BCUT2D eigenvalue weighted by molar-refractivity contribution is 5.97. The molecule has 0 bridgehead atoms. The Bertz CT molecular complexity index is 1660. The fourth-order valence-electron chi connectivity index (χ4n) is 3.49. The predicted octanol–water partition coefficient (Wildman–Crippen LogP) is -1.09. The summed E-state index contributed by atoms with van der Waals surface area (Å²) in [5.74, 6) is 1.91. The number of rotatable bonds is 11. The van der Waals surface area contributed by atoms with Crippen molar-refractivity contribution in [1.82, 2.24) is 35.8 Å². The van der Waals surface area contributed by atoms with E-state index >= 15 is 0 Å². The van der Waals surface area contributed by atoms with Crippen LogP contribution in [0.4, 0.5) is 11.6 Å². The molecule has 11 N–H and O–H groups in total. The van der Waals surface area contributed by atoms with Crippen LogP contribution >= 0.6 is 0 Å². The molecule has 0 aliphatic rings. The summed E-state index contributed by atoms with van der Waals surface area (Å²) in [4.78, 5) is 75.0. The molecule has 0 saturated heterocycles. The number of carbonyl (C=O) groups excluding carboxylic acids is 2. The van der Waals surface area contributed by atoms with E-state index in [9.17, 15) is 29.1 Å². The third-order valence-electron chi connectivity index (χ3n) is 5.60. The van der Waals surface area contributed by atoms with Gasteiger partial charge in [-0.1, -0.05) is 0 Å². The molecular weight excluding hydrogens is 566 g/mol. The number of carboxylic acids is 2. The first-order chi connectivity index (χ1) is 20.5. The molecule has 43 heavy (non-hydrogen) atoms. The minimum Gasteiger partial charge on any atom is -0.481 e. The maximum atomic E-state index is 12.4. The highest BCUT2D eigenvalue weighted by Gasteiger charge is 2.22. The van der Waals surface area contributed by atoms with Crippen molar-refractivity contribution in [1.29, 1.82) is 0 Å².